The van der Waals surface area contributed by atoms with Gasteiger partial charge in [0.1, 0.15) is 0 Å². The molecule has 0 bridgehead atoms. The molecule has 0 aromatic heterocycles. The zero-order valence-electron chi connectivity index (χ0n) is 8.93. The Kier molecular flexibility index (Phi) is 4.02. The minimum atomic E-state index is -1.09. The summed E-state index contributed by atoms with van der Waals surface area (Å²) in [6.07, 6.45) is -0.377. The van der Waals surface area contributed by atoms with Gasteiger partial charge in [0.05, 0.1) is 12.5 Å². The van der Waals surface area contributed by atoms with Crippen molar-refractivity contribution >= 4 is 17.6 Å². The summed E-state index contributed by atoms with van der Waals surface area (Å²) in [5.74, 6) is -1.58. The number of aliphatic carboxylic acids is 1. The third-order valence-electron chi connectivity index (χ3n) is 2.02. The lowest BCUT2D eigenvalue weighted by Crippen LogP contribution is -2.37. The van der Waals surface area contributed by atoms with Gasteiger partial charge in [-0.25, -0.2) is 0 Å². The molecule has 4 N–H and O–H groups in total. The van der Waals surface area contributed by atoms with Crippen molar-refractivity contribution in [1.29, 1.82) is 0 Å². The van der Waals surface area contributed by atoms with E-state index in [1.807, 2.05) is 13.0 Å². The van der Waals surface area contributed by atoms with Gasteiger partial charge < -0.3 is 16.2 Å². The molecule has 1 rings (SSSR count). The van der Waals surface area contributed by atoms with E-state index in [4.69, 9.17) is 10.8 Å². The average molecular weight is 222 g/mol. The molecule has 0 aliphatic heterocycles. The number of nitrogens with one attached hydrogen (secondary N) is 1. The molecule has 0 saturated heterocycles. The van der Waals surface area contributed by atoms with Gasteiger partial charge in [0.25, 0.3) is 0 Å². The molecular weight excluding hydrogens is 208 g/mol. The quantitative estimate of drug-likeness (QED) is 0.700. The van der Waals surface area contributed by atoms with Crippen LogP contribution in [0.3, 0.4) is 0 Å². The molecule has 5 nitrogen and oxygen atoms in total. The highest BCUT2D eigenvalue weighted by molar-refractivity contribution is 5.96. The van der Waals surface area contributed by atoms with Gasteiger partial charge in [0.2, 0.25) is 5.91 Å². The molecule has 0 saturated carbocycles. The Morgan fingerprint density at radius 1 is 1.50 bits per heavy atom. The molecular formula is C11H14N2O3. The number of rotatable bonds is 4. The molecule has 0 spiro atoms. The highest BCUT2D eigenvalue weighted by atomic mass is 16.4. The predicted molar refractivity (Wildman–Crippen MR) is 60.0 cm³/mol. The van der Waals surface area contributed by atoms with Crippen molar-refractivity contribution < 1.29 is 14.7 Å². The Balaban J connectivity index is 2.60. The summed E-state index contributed by atoms with van der Waals surface area (Å²) < 4.78 is 0. The van der Waals surface area contributed by atoms with Crippen molar-refractivity contribution in [2.75, 3.05) is 5.32 Å². The molecule has 1 unspecified atom stereocenters. The first-order chi connectivity index (χ1) is 7.49. The van der Waals surface area contributed by atoms with E-state index in [0.717, 1.165) is 5.56 Å². The Labute approximate surface area is 93.3 Å². The monoisotopic (exact) mass is 222 g/mol. The largest absolute Gasteiger partial charge is 0.481 e. The van der Waals surface area contributed by atoms with Crippen molar-refractivity contribution in [3.8, 4) is 0 Å². The molecule has 1 amide bonds. The molecule has 5 heteroatoms. The first-order valence-electron chi connectivity index (χ1n) is 4.84. The van der Waals surface area contributed by atoms with E-state index >= 15 is 0 Å². The maximum atomic E-state index is 11.5. The van der Waals surface area contributed by atoms with Crippen LogP contribution in [0.25, 0.3) is 0 Å². The van der Waals surface area contributed by atoms with Gasteiger partial charge in [-0.3, -0.25) is 9.59 Å². The molecule has 1 aromatic rings. The van der Waals surface area contributed by atoms with Gasteiger partial charge in [-0.05, 0) is 24.6 Å². The van der Waals surface area contributed by atoms with Crippen molar-refractivity contribution in [3.63, 3.8) is 0 Å². The first-order valence-corrected chi connectivity index (χ1v) is 4.84. The summed E-state index contributed by atoms with van der Waals surface area (Å²) in [5.41, 5.74) is 7.03. The number of hydrogen-bond acceptors (Lipinski definition) is 3. The van der Waals surface area contributed by atoms with Crippen molar-refractivity contribution in [2.45, 2.75) is 19.4 Å². The van der Waals surface area contributed by atoms with Crippen LogP contribution in [0.4, 0.5) is 5.69 Å². The highest BCUT2D eigenvalue weighted by Gasteiger charge is 2.16. The summed E-state index contributed by atoms with van der Waals surface area (Å²) in [6.45, 7) is 1.90. The van der Waals surface area contributed by atoms with E-state index in [1.54, 1.807) is 18.2 Å². The number of benzene rings is 1. The number of hydrogen-bond donors (Lipinski definition) is 3. The summed E-state index contributed by atoms with van der Waals surface area (Å²) >= 11 is 0. The van der Waals surface area contributed by atoms with E-state index < -0.39 is 17.9 Å². The lowest BCUT2D eigenvalue weighted by molar-refractivity contribution is -0.138. The lowest BCUT2D eigenvalue weighted by atomic mass is 10.2. The summed E-state index contributed by atoms with van der Waals surface area (Å²) in [7, 11) is 0. The number of amides is 1. The maximum Gasteiger partial charge on any atom is 0.305 e. The second-order valence-electron chi connectivity index (χ2n) is 3.56. The zero-order chi connectivity index (χ0) is 12.1. The molecule has 1 aromatic carbocycles. The predicted octanol–water partition coefficient (Wildman–Crippen LogP) is 0.736. The molecule has 0 aliphatic carbocycles. The second kappa shape index (κ2) is 5.27. The number of carboxylic acids is 1. The van der Waals surface area contributed by atoms with Gasteiger partial charge in [-0.2, -0.15) is 0 Å². The molecule has 86 valence electrons. The minimum Gasteiger partial charge on any atom is -0.481 e. The van der Waals surface area contributed by atoms with E-state index in [9.17, 15) is 9.59 Å². The molecule has 0 aliphatic rings. The van der Waals surface area contributed by atoms with Crippen LogP contribution in [-0.4, -0.2) is 23.0 Å². The minimum absolute atomic E-state index is 0.377. The second-order valence-corrected chi connectivity index (χ2v) is 3.56. The van der Waals surface area contributed by atoms with Crippen LogP contribution >= 0.6 is 0 Å². The van der Waals surface area contributed by atoms with E-state index in [2.05, 4.69) is 5.32 Å². The van der Waals surface area contributed by atoms with E-state index in [-0.39, 0.29) is 6.42 Å². The Bertz CT molecular complexity index is 404. The van der Waals surface area contributed by atoms with Crippen molar-refractivity contribution in [2.24, 2.45) is 5.73 Å². The fraction of sp³-hybridized carbons (Fsp3) is 0.273. The number of carbonyl (C=O) groups is 2. The molecule has 0 heterocycles. The number of aryl methyl sites for hydroxylation is 1. The fourth-order valence-corrected chi connectivity index (χ4v) is 1.24. The van der Waals surface area contributed by atoms with Crippen molar-refractivity contribution in [1.82, 2.24) is 0 Å². The SMILES string of the molecule is Cc1cccc(NC(=O)C(N)CC(=O)O)c1. The number of anilines is 1. The topological polar surface area (TPSA) is 92.4 Å². The van der Waals surface area contributed by atoms with E-state index in [0.29, 0.717) is 5.69 Å². The molecule has 16 heavy (non-hydrogen) atoms. The first kappa shape index (κ1) is 12.2. The van der Waals surface area contributed by atoms with Crippen molar-refractivity contribution in [3.05, 3.63) is 29.8 Å². The van der Waals surface area contributed by atoms with Crippen LogP contribution in [0.1, 0.15) is 12.0 Å². The van der Waals surface area contributed by atoms with Gasteiger partial charge in [0, 0.05) is 5.69 Å². The third-order valence-corrected chi connectivity index (χ3v) is 2.02. The average Bonchev–Trinajstić information content (AvgIpc) is 2.16. The van der Waals surface area contributed by atoms with E-state index in [1.165, 1.54) is 0 Å². The standard InChI is InChI=1S/C11H14N2O3/c1-7-3-2-4-8(5-7)13-11(16)9(12)6-10(14)15/h2-5,9H,6,12H2,1H3,(H,13,16)(H,14,15). The molecule has 0 radical (unpaired) electrons. The normalized spacial score (nSPS) is 11.9. The highest BCUT2D eigenvalue weighted by Crippen LogP contribution is 2.09. The smallest absolute Gasteiger partial charge is 0.305 e. The third kappa shape index (κ3) is 3.70. The maximum absolute atomic E-state index is 11.5. The Morgan fingerprint density at radius 2 is 2.19 bits per heavy atom. The van der Waals surface area contributed by atoms with Crippen LogP contribution in [-0.2, 0) is 9.59 Å². The van der Waals surface area contributed by atoms with Gasteiger partial charge in [0.15, 0.2) is 0 Å². The number of carboxylic acid groups (broad SMARTS) is 1. The number of carbonyl (C=O) groups excluding carboxylic acids is 1. The van der Waals surface area contributed by atoms with Gasteiger partial charge in [-0.1, -0.05) is 12.1 Å². The van der Waals surface area contributed by atoms with Gasteiger partial charge in [-0.15, -0.1) is 0 Å². The van der Waals surface area contributed by atoms with Gasteiger partial charge >= 0.3 is 5.97 Å². The number of nitrogens with two attached hydrogens (primary N) is 1. The van der Waals surface area contributed by atoms with Crippen LogP contribution in [0.5, 0.6) is 0 Å². The Hall–Kier alpha value is -1.88. The van der Waals surface area contributed by atoms with Crippen LogP contribution in [0, 0.1) is 6.92 Å². The molecule has 0 fully saturated rings. The fourth-order valence-electron chi connectivity index (χ4n) is 1.24. The van der Waals surface area contributed by atoms with Crippen LogP contribution in [0.2, 0.25) is 0 Å². The van der Waals surface area contributed by atoms with Crippen LogP contribution < -0.4 is 11.1 Å². The van der Waals surface area contributed by atoms with Crippen LogP contribution in [0.15, 0.2) is 24.3 Å². The molecule has 1 atom stereocenters. The summed E-state index contributed by atoms with van der Waals surface area (Å²) in [6, 6.07) is 6.17. The summed E-state index contributed by atoms with van der Waals surface area (Å²) in [4.78, 5) is 21.8. The zero-order valence-corrected chi connectivity index (χ0v) is 8.93. The Morgan fingerprint density at radius 3 is 2.75 bits per heavy atom. The lowest BCUT2D eigenvalue weighted by Gasteiger charge is -2.10. The summed E-state index contributed by atoms with van der Waals surface area (Å²) in [5, 5.41) is 11.0.